The highest BCUT2D eigenvalue weighted by molar-refractivity contribution is 9.10. The van der Waals surface area contributed by atoms with Crippen molar-refractivity contribution in [1.82, 2.24) is 10.2 Å². The molecule has 0 spiro atoms. The number of nitrogens with zero attached hydrogens (tertiary/aromatic N) is 1. The topological polar surface area (TPSA) is 50.8 Å². The van der Waals surface area contributed by atoms with Crippen LogP contribution in [-0.2, 0) is 11.2 Å². The normalized spacial score (nSPS) is 14.2. The average Bonchev–Trinajstić information content (AvgIpc) is 2.63. The number of likely N-dealkylation sites (N-methyl/N-ethyl adjacent to an activating group) is 1. The molecule has 2 aromatic carbocycles. The molecule has 0 aromatic heterocycles. The smallest absolute Gasteiger partial charge is 0.224 e. The van der Waals surface area contributed by atoms with E-state index in [1.807, 2.05) is 44.4 Å². The monoisotopic (exact) mass is 418 g/mol. The molecular weight excluding hydrogens is 396 g/mol. The Balaban J connectivity index is 1.63. The minimum atomic E-state index is -0.0230. The van der Waals surface area contributed by atoms with Crippen LogP contribution in [-0.4, -0.2) is 44.7 Å². The number of amides is 1. The van der Waals surface area contributed by atoms with Gasteiger partial charge in [0.2, 0.25) is 5.91 Å². The highest BCUT2D eigenvalue weighted by atomic mass is 79.9. The van der Waals surface area contributed by atoms with Gasteiger partial charge in [-0.1, -0.05) is 46.3 Å². The number of nitrogens with one attached hydrogen (secondary N) is 1. The van der Waals surface area contributed by atoms with E-state index in [2.05, 4.69) is 38.3 Å². The molecule has 1 unspecified atom stereocenters. The third kappa shape index (κ3) is 4.56. The molecule has 1 amide bonds. The molecule has 2 aromatic rings. The molecule has 0 fully saturated rings. The predicted molar refractivity (Wildman–Crippen MR) is 105 cm³/mol. The van der Waals surface area contributed by atoms with Gasteiger partial charge in [0.1, 0.15) is 13.2 Å². The molecule has 0 saturated heterocycles. The van der Waals surface area contributed by atoms with Gasteiger partial charge in [0.05, 0.1) is 12.5 Å². The standard InChI is InChI=1S/C20H23BrN2O3/c1-23(2)17(14-6-4-3-5-7-14)13-22-20(24)11-15-10-18-19(12-16(15)21)26-9-8-25-18/h3-7,10,12,17H,8-9,11,13H2,1-2H3,(H,22,24). The maximum atomic E-state index is 12.5. The van der Waals surface area contributed by atoms with E-state index >= 15 is 0 Å². The Morgan fingerprint density at radius 1 is 1.15 bits per heavy atom. The van der Waals surface area contributed by atoms with Crippen molar-refractivity contribution in [1.29, 1.82) is 0 Å². The maximum absolute atomic E-state index is 12.5. The summed E-state index contributed by atoms with van der Waals surface area (Å²) >= 11 is 3.52. The molecule has 26 heavy (non-hydrogen) atoms. The van der Waals surface area contributed by atoms with Crippen molar-refractivity contribution in [3.8, 4) is 11.5 Å². The molecule has 3 rings (SSSR count). The van der Waals surface area contributed by atoms with Crippen LogP contribution in [0.2, 0.25) is 0 Å². The summed E-state index contributed by atoms with van der Waals surface area (Å²) in [4.78, 5) is 14.6. The van der Waals surface area contributed by atoms with Gasteiger partial charge in [-0.05, 0) is 37.4 Å². The number of carbonyl (C=O) groups is 1. The van der Waals surface area contributed by atoms with Crippen LogP contribution in [0.3, 0.4) is 0 Å². The first-order valence-corrected chi connectivity index (χ1v) is 9.40. The number of hydrogen-bond donors (Lipinski definition) is 1. The van der Waals surface area contributed by atoms with Gasteiger partial charge in [-0.2, -0.15) is 0 Å². The van der Waals surface area contributed by atoms with Crippen LogP contribution >= 0.6 is 15.9 Å². The van der Waals surface area contributed by atoms with Crippen LogP contribution in [0.5, 0.6) is 11.5 Å². The summed E-state index contributed by atoms with van der Waals surface area (Å²) in [5.74, 6) is 1.38. The Morgan fingerprint density at radius 2 is 1.81 bits per heavy atom. The van der Waals surface area contributed by atoms with Crippen LogP contribution in [0.15, 0.2) is 46.9 Å². The molecule has 0 aliphatic carbocycles. The molecule has 6 heteroatoms. The van der Waals surface area contributed by atoms with Crippen LogP contribution in [0.4, 0.5) is 0 Å². The summed E-state index contributed by atoms with van der Waals surface area (Å²) in [6.07, 6.45) is 0.284. The van der Waals surface area contributed by atoms with Gasteiger partial charge >= 0.3 is 0 Å². The first kappa shape index (κ1) is 18.7. The van der Waals surface area contributed by atoms with Crippen molar-refractivity contribution in [2.75, 3.05) is 33.9 Å². The molecule has 0 radical (unpaired) electrons. The van der Waals surface area contributed by atoms with Crippen LogP contribution < -0.4 is 14.8 Å². The minimum absolute atomic E-state index is 0.0230. The predicted octanol–water partition coefficient (Wildman–Crippen LogP) is 3.18. The molecule has 1 aliphatic heterocycles. The van der Waals surface area contributed by atoms with Gasteiger partial charge in [0, 0.05) is 11.0 Å². The SMILES string of the molecule is CN(C)C(CNC(=O)Cc1cc2c(cc1Br)OCCO2)c1ccccc1. The van der Waals surface area contributed by atoms with Gasteiger partial charge in [-0.25, -0.2) is 0 Å². The third-order valence-electron chi connectivity index (χ3n) is 4.36. The number of halogens is 1. The van der Waals surface area contributed by atoms with E-state index < -0.39 is 0 Å². The highest BCUT2D eigenvalue weighted by Crippen LogP contribution is 2.35. The molecule has 5 nitrogen and oxygen atoms in total. The highest BCUT2D eigenvalue weighted by Gasteiger charge is 2.18. The molecule has 0 saturated carbocycles. The molecular formula is C20H23BrN2O3. The summed E-state index contributed by atoms with van der Waals surface area (Å²) in [5, 5.41) is 3.04. The molecule has 0 bridgehead atoms. The largest absolute Gasteiger partial charge is 0.486 e. The number of fused-ring (bicyclic) bond motifs is 1. The zero-order valence-corrected chi connectivity index (χ0v) is 16.6. The van der Waals surface area contributed by atoms with E-state index in [1.165, 1.54) is 5.56 Å². The van der Waals surface area contributed by atoms with Crippen molar-refractivity contribution in [3.63, 3.8) is 0 Å². The summed E-state index contributed by atoms with van der Waals surface area (Å²) in [6.45, 7) is 1.63. The lowest BCUT2D eigenvalue weighted by molar-refractivity contribution is -0.120. The Bertz CT molecular complexity index is 765. The van der Waals surface area contributed by atoms with Crippen molar-refractivity contribution in [2.45, 2.75) is 12.5 Å². The fourth-order valence-electron chi connectivity index (χ4n) is 2.96. The lowest BCUT2D eigenvalue weighted by Crippen LogP contribution is -2.35. The first-order valence-electron chi connectivity index (χ1n) is 8.60. The van der Waals surface area contributed by atoms with Crippen LogP contribution in [0.25, 0.3) is 0 Å². The second kappa shape index (κ2) is 8.56. The second-order valence-electron chi connectivity index (χ2n) is 6.46. The maximum Gasteiger partial charge on any atom is 0.224 e. The Hall–Kier alpha value is -2.05. The van der Waals surface area contributed by atoms with Gasteiger partial charge < -0.3 is 19.7 Å². The number of hydrogen-bond acceptors (Lipinski definition) is 4. The summed E-state index contributed by atoms with van der Waals surface area (Å²) < 4.78 is 12.0. The second-order valence-corrected chi connectivity index (χ2v) is 7.31. The fourth-order valence-corrected chi connectivity index (χ4v) is 3.42. The van der Waals surface area contributed by atoms with Gasteiger partial charge in [0.15, 0.2) is 11.5 Å². The van der Waals surface area contributed by atoms with Crippen LogP contribution in [0, 0.1) is 0 Å². The fraction of sp³-hybridized carbons (Fsp3) is 0.350. The number of carbonyl (C=O) groups excluding carboxylic acids is 1. The zero-order chi connectivity index (χ0) is 18.5. The number of ether oxygens (including phenoxy) is 2. The van der Waals surface area contributed by atoms with Crippen molar-refractivity contribution >= 4 is 21.8 Å². The van der Waals surface area contributed by atoms with Gasteiger partial charge in [0.25, 0.3) is 0 Å². The molecule has 1 aliphatic rings. The van der Waals surface area contributed by atoms with E-state index in [0.717, 1.165) is 10.0 Å². The average molecular weight is 419 g/mol. The van der Waals surface area contributed by atoms with Crippen LogP contribution in [0.1, 0.15) is 17.2 Å². The first-order chi connectivity index (χ1) is 12.5. The third-order valence-corrected chi connectivity index (χ3v) is 5.10. The summed E-state index contributed by atoms with van der Waals surface area (Å²) in [7, 11) is 4.03. The van der Waals surface area contributed by atoms with Crippen molar-refractivity contribution < 1.29 is 14.3 Å². The molecule has 1 heterocycles. The van der Waals surface area contributed by atoms with Crippen molar-refractivity contribution in [2.24, 2.45) is 0 Å². The van der Waals surface area contributed by atoms with E-state index in [4.69, 9.17) is 9.47 Å². The van der Waals surface area contributed by atoms with Gasteiger partial charge in [-0.3, -0.25) is 4.79 Å². The quantitative estimate of drug-likeness (QED) is 0.782. The number of benzene rings is 2. The summed E-state index contributed by atoms with van der Waals surface area (Å²) in [5.41, 5.74) is 2.06. The van der Waals surface area contributed by atoms with Crippen molar-refractivity contribution in [3.05, 3.63) is 58.1 Å². The van der Waals surface area contributed by atoms with E-state index in [9.17, 15) is 4.79 Å². The van der Waals surface area contributed by atoms with E-state index in [0.29, 0.717) is 31.3 Å². The lowest BCUT2D eigenvalue weighted by atomic mass is 10.1. The Labute approximate surface area is 162 Å². The van der Waals surface area contributed by atoms with Gasteiger partial charge in [-0.15, -0.1) is 0 Å². The molecule has 1 N–H and O–H groups in total. The van der Waals surface area contributed by atoms with E-state index in [1.54, 1.807) is 0 Å². The summed E-state index contributed by atoms with van der Waals surface area (Å²) in [6, 6.07) is 14.0. The lowest BCUT2D eigenvalue weighted by Gasteiger charge is -2.25. The zero-order valence-electron chi connectivity index (χ0n) is 15.0. The Kier molecular flexibility index (Phi) is 6.16. The molecule has 1 atom stereocenters. The Morgan fingerprint density at radius 3 is 2.46 bits per heavy atom. The molecule has 138 valence electrons. The van der Waals surface area contributed by atoms with E-state index in [-0.39, 0.29) is 18.4 Å². The number of rotatable bonds is 6. The minimum Gasteiger partial charge on any atom is -0.486 e.